The molecule has 1 unspecified atom stereocenters. The summed E-state index contributed by atoms with van der Waals surface area (Å²) in [6, 6.07) is 18.4. The number of rotatable bonds is 8. The molecule has 1 aliphatic rings. The monoisotopic (exact) mass is 468 g/mol. The number of hydrogen-bond donors (Lipinski definition) is 2. The lowest BCUT2D eigenvalue weighted by Crippen LogP contribution is -2.33. The Kier molecular flexibility index (Phi) is 6.91. The van der Waals surface area contributed by atoms with E-state index in [0.29, 0.717) is 23.5 Å². The van der Waals surface area contributed by atoms with Crippen molar-refractivity contribution in [3.63, 3.8) is 0 Å². The molecule has 3 aromatic carbocycles. The first-order valence-corrected chi connectivity index (χ1v) is 10.7. The molecule has 0 bridgehead atoms. The van der Waals surface area contributed by atoms with E-state index in [1.165, 1.54) is 13.2 Å². The van der Waals surface area contributed by atoms with Crippen LogP contribution in [0.25, 0.3) is 0 Å². The van der Waals surface area contributed by atoms with Crippen LogP contribution in [0.2, 0.25) is 0 Å². The number of para-hydroxylation sites is 1. The van der Waals surface area contributed by atoms with Crippen LogP contribution in [0, 0.1) is 5.82 Å². The topological polar surface area (TPSA) is 76.7 Å². The maximum absolute atomic E-state index is 14.8. The molecule has 2 N–H and O–H groups in total. The highest BCUT2D eigenvalue weighted by Gasteiger charge is 2.30. The fourth-order valence-electron chi connectivity index (χ4n) is 3.83. The fourth-order valence-corrected chi connectivity index (χ4v) is 4.00. The number of fused-ring (bicyclic) bond motifs is 1. The van der Waals surface area contributed by atoms with E-state index in [9.17, 15) is 14.0 Å². The van der Waals surface area contributed by atoms with Crippen molar-refractivity contribution in [1.29, 1.82) is 0 Å². The van der Waals surface area contributed by atoms with Crippen LogP contribution in [0.15, 0.2) is 66.7 Å². The zero-order valence-electron chi connectivity index (χ0n) is 17.8. The van der Waals surface area contributed by atoms with Gasteiger partial charge in [-0.1, -0.05) is 36.4 Å². The van der Waals surface area contributed by atoms with Gasteiger partial charge in [-0.25, -0.2) is 9.23 Å². The summed E-state index contributed by atoms with van der Waals surface area (Å²) in [5.74, 6) is -0.588. The van der Waals surface area contributed by atoms with Gasteiger partial charge in [0.05, 0.1) is 13.0 Å². The second-order valence-electron chi connectivity index (χ2n) is 7.72. The highest BCUT2D eigenvalue weighted by atomic mass is 35.5. The van der Waals surface area contributed by atoms with Crippen molar-refractivity contribution in [2.75, 3.05) is 12.4 Å². The summed E-state index contributed by atoms with van der Waals surface area (Å²) in [7, 11) is 1.30. The van der Waals surface area contributed by atoms with E-state index in [1.54, 1.807) is 36.4 Å². The van der Waals surface area contributed by atoms with Gasteiger partial charge in [0, 0.05) is 11.8 Å². The standard InChI is InChI=1S/C25H22ClFN2O4/c1-32-25(31)23(29-26)12-15-6-9-17(10-7-15)33-18-11-8-16(21(27)14-18)13-20-19-4-2-3-5-22(19)28-24(20)30/h2-11,14,20,23,29H,12-13H2,1H3,(H,28,30)/t20?,23-/m1/s1. The van der Waals surface area contributed by atoms with Crippen LogP contribution >= 0.6 is 11.8 Å². The summed E-state index contributed by atoms with van der Waals surface area (Å²) < 4.78 is 25.2. The van der Waals surface area contributed by atoms with E-state index in [0.717, 1.165) is 16.8 Å². The normalized spacial score (nSPS) is 15.5. The van der Waals surface area contributed by atoms with Gasteiger partial charge >= 0.3 is 5.97 Å². The number of nitrogens with one attached hydrogen (secondary N) is 2. The minimum atomic E-state index is -0.668. The number of carbonyl (C=O) groups excluding carboxylic acids is 2. The predicted molar refractivity (Wildman–Crippen MR) is 123 cm³/mol. The molecule has 1 heterocycles. The molecule has 0 aromatic heterocycles. The third-order valence-corrected chi connectivity index (χ3v) is 5.84. The number of halogens is 2. The largest absolute Gasteiger partial charge is 0.468 e. The van der Waals surface area contributed by atoms with Crippen LogP contribution in [0.4, 0.5) is 10.1 Å². The van der Waals surface area contributed by atoms with Crippen molar-refractivity contribution in [2.45, 2.75) is 24.8 Å². The molecule has 3 aromatic rings. The zero-order valence-corrected chi connectivity index (χ0v) is 18.6. The molecule has 2 atom stereocenters. The summed E-state index contributed by atoms with van der Waals surface area (Å²) in [6.45, 7) is 0. The quantitative estimate of drug-likeness (QED) is 0.369. The van der Waals surface area contributed by atoms with Crippen molar-refractivity contribution in [1.82, 2.24) is 4.84 Å². The highest BCUT2D eigenvalue weighted by Crippen LogP contribution is 2.35. The van der Waals surface area contributed by atoms with Crippen molar-refractivity contribution in [2.24, 2.45) is 0 Å². The first-order valence-electron chi connectivity index (χ1n) is 10.4. The molecule has 0 radical (unpaired) electrons. The molecule has 170 valence electrons. The summed E-state index contributed by atoms with van der Waals surface area (Å²) in [6.07, 6.45) is 0.608. The zero-order chi connectivity index (χ0) is 23.4. The second kappa shape index (κ2) is 10.0. The van der Waals surface area contributed by atoms with Gasteiger partial charge in [0.25, 0.3) is 0 Å². The van der Waals surface area contributed by atoms with Gasteiger partial charge in [-0.15, -0.1) is 0 Å². The summed E-state index contributed by atoms with van der Waals surface area (Å²) in [5.41, 5.74) is 2.94. The molecule has 0 spiro atoms. The predicted octanol–water partition coefficient (Wildman–Crippen LogP) is 4.72. The number of methoxy groups -OCH3 is 1. The van der Waals surface area contributed by atoms with Gasteiger partial charge < -0.3 is 14.8 Å². The number of hydrogen-bond acceptors (Lipinski definition) is 5. The van der Waals surface area contributed by atoms with Crippen LogP contribution in [-0.2, 0) is 27.2 Å². The summed E-state index contributed by atoms with van der Waals surface area (Å²) >= 11 is 5.61. The molecule has 0 saturated carbocycles. The molecule has 6 nitrogen and oxygen atoms in total. The fraction of sp³-hybridized carbons (Fsp3) is 0.200. The molecule has 4 rings (SSSR count). The van der Waals surface area contributed by atoms with E-state index in [4.69, 9.17) is 21.3 Å². The smallest absolute Gasteiger partial charge is 0.324 e. The molecule has 0 aliphatic carbocycles. The second-order valence-corrected chi connectivity index (χ2v) is 7.94. The summed E-state index contributed by atoms with van der Waals surface area (Å²) in [4.78, 5) is 26.4. The maximum atomic E-state index is 14.8. The lowest BCUT2D eigenvalue weighted by molar-refractivity contribution is -0.142. The Morgan fingerprint density at radius 1 is 1.12 bits per heavy atom. The molecule has 8 heteroatoms. The maximum Gasteiger partial charge on any atom is 0.324 e. The van der Waals surface area contributed by atoms with Crippen molar-refractivity contribution < 1.29 is 23.5 Å². The van der Waals surface area contributed by atoms with Gasteiger partial charge in [0.2, 0.25) is 5.91 Å². The molecule has 0 fully saturated rings. The van der Waals surface area contributed by atoms with Gasteiger partial charge in [0.1, 0.15) is 23.4 Å². The van der Waals surface area contributed by atoms with Crippen molar-refractivity contribution in [3.8, 4) is 11.5 Å². The Balaban J connectivity index is 1.41. The Morgan fingerprint density at radius 3 is 2.55 bits per heavy atom. The molecule has 0 saturated heterocycles. The third-order valence-electron chi connectivity index (χ3n) is 5.58. The minimum absolute atomic E-state index is 0.130. The Bertz CT molecular complexity index is 1170. The van der Waals surface area contributed by atoms with Crippen LogP contribution in [-0.4, -0.2) is 25.0 Å². The Labute approximate surface area is 195 Å². The van der Waals surface area contributed by atoms with E-state index >= 15 is 0 Å². The summed E-state index contributed by atoms with van der Waals surface area (Å²) in [5, 5.41) is 2.84. The number of amides is 1. The molecular formula is C25H22ClFN2O4. The van der Waals surface area contributed by atoms with E-state index in [2.05, 4.69) is 10.2 Å². The molecular weight excluding hydrogens is 447 g/mol. The number of carbonyl (C=O) groups is 2. The Morgan fingerprint density at radius 2 is 1.85 bits per heavy atom. The molecule has 1 aliphatic heterocycles. The lowest BCUT2D eigenvalue weighted by atomic mass is 9.93. The van der Waals surface area contributed by atoms with Gasteiger partial charge in [-0.3, -0.25) is 9.59 Å². The van der Waals surface area contributed by atoms with E-state index < -0.39 is 23.7 Å². The van der Waals surface area contributed by atoms with Crippen LogP contribution < -0.4 is 14.9 Å². The van der Waals surface area contributed by atoms with Crippen molar-refractivity contribution >= 4 is 29.3 Å². The lowest BCUT2D eigenvalue weighted by Gasteiger charge is -2.13. The van der Waals surface area contributed by atoms with Gasteiger partial charge in [0.15, 0.2) is 0 Å². The minimum Gasteiger partial charge on any atom is -0.468 e. The van der Waals surface area contributed by atoms with Crippen LogP contribution in [0.1, 0.15) is 22.6 Å². The first-order chi connectivity index (χ1) is 16.0. The number of esters is 1. The molecule has 1 amide bonds. The van der Waals surface area contributed by atoms with Crippen LogP contribution in [0.5, 0.6) is 11.5 Å². The average Bonchev–Trinajstić information content (AvgIpc) is 3.14. The van der Waals surface area contributed by atoms with Crippen LogP contribution in [0.3, 0.4) is 0 Å². The number of ether oxygens (including phenoxy) is 2. The third kappa shape index (κ3) is 5.16. The molecule has 33 heavy (non-hydrogen) atoms. The average molecular weight is 469 g/mol. The van der Waals surface area contributed by atoms with Crippen molar-refractivity contribution in [3.05, 3.63) is 89.2 Å². The van der Waals surface area contributed by atoms with E-state index in [-0.39, 0.29) is 12.3 Å². The Hall–Kier alpha value is -3.42. The number of benzene rings is 3. The highest BCUT2D eigenvalue weighted by molar-refractivity contribution is 6.14. The number of anilines is 1. The SMILES string of the molecule is COC(=O)[C@@H](Cc1ccc(Oc2ccc(CC3C(=O)Nc4ccccc43)c(F)c2)cc1)NCl. The van der Waals surface area contributed by atoms with Gasteiger partial charge in [-0.05, 0) is 65.6 Å². The first kappa shape index (κ1) is 22.8. The van der Waals surface area contributed by atoms with E-state index in [1.807, 2.05) is 24.3 Å². The van der Waals surface area contributed by atoms with Gasteiger partial charge in [-0.2, -0.15) is 0 Å².